The second kappa shape index (κ2) is 16.7. The second-order valence-electron chi connectivity index (χ2n) is 6.68. The van der Waals surface area contributed by atoms with Gasteiger partial charge < -0.3 is 5.11 Å². The summed E-state index contributed by atoms with van der Waals surface area (Å²) >= 11 is 0. The molecular formula is C17H38O5S. The van der Waals surface area contributed by atoms with Crippen LogP contribution < -0.4 is 0 Å². The van der Waals surface area contributed by atoms with E-state index in [1.807, 2.05) is 0 Å². The molecule has 0 amide bonds. The third kappa shape index (κ3) is 30.3. The van der Waals surface area contributed by atoms with Crippen molar-refractivity contribution in [1.82, 2.24) is 0 Å². The van der Waals surface area contributed by atoms with E-state index in [1.165, 1.54) is 70.6 Å². The molecule has 23 heavy (non-hydrogen) atoms. The average Bonchev–Trinajstić information content (AvgIpc) is 2.44. The normalized spacial score (nSPS) is 14.0. The van der Waals surface area contributed by atoms with Gasteiger partial charge >= 0.3 is 10.4 Å². The van der Waals surface area contributed by atoms with E-state index >= 15 is 0 Å². The van der Waals surface area contributed by atoms with Crippen LogP contribution >= 0.6 is 0 Å². The predicted octanol–water partition coefficient (Wildman–Crippen LogP) is 4.91. The third-order valence-corrected chi connectivity index (χ3v) is 4.01. The van der Waals surface area contributed by atoms with Crippen LogP contribution in [0.15, 0.2) is 0 Å². The molecule has 0 saturated carbocycles. The van der Waals surface area contributed by atoms with Gasteiger partial charge in [-0.1, -0.05) is 85.0 Å². The first-order chi connectivity index (χ1) is 10.7. The summed E-state index contributed by atoms with van der Waals surface area (Å²) in [5.41, 5.74) is 0. The Morgan fingerprint density at radius 3 is 1.61 bits per heavy atom. The predicted molar refractivity (Wildman–Crippen MR) is 96.1 cm³/mol. The maximum atomic E-state index is 8.96. The van der Waals surface area contributed by atoms with Gasteiger partial charge in [0.15, 0.2) is 0 Å². The molecule has 2 unspecified atom stereocenters. The van der Waals surface area contributed by atoms with Crippen molar-refractivity contribution in [1.29, 1.82) is 0 Å². The van der Waals surface area contributed by atoms with E-state index in [-0.39, 0.29) is 0 Å². The number of hydrogen-bond acceptors (Lipinski definition) is 3. The van der Waals surface area contributed by atoms with Crippen LogP contribution in [0.25, 0.3) is 0 Å². The zero-order chi connectivity index (χ0) is 18.1. The van der Waals surface area contributed by atoms with Crippen LogP contribution in [0.2, 0.25) is 0 Å². The van der Waals surface area contributed by atoms with Crippen LogP contribution in [-0.2, 0) is 10.4 Å². The molecule has 6 heteroatoms. The van der Waals surface area contributed by atoms with Gasteiger partial charge in [-0.3, -0.25) is 9.11 Å². The second-order valence-corrected chi connectivity index (χ2v) is 7.58. The van der Waals surface area contributed by atoms with Gasteiger partial charge in [-0.15, -0.1) is 0 Å². The van der Waals surface area contributed by atoms with E-state index in [9.17, 15) is 0 Å². The van der Waals surface area contributed by atoms with E-state index < -0.39 is 10.4 Å². The lowest BCUT2D eigenvalue weighted by Gasteiger charge is -2.12. The standard InChI is InChI=1S/C17H36O.H2O4S/c1-4-5-6-7-8-9-10-12-16(2)13-11-14-17(3)15-18;1-5(2,3)4/h16-18H,4-15H2,1-3H3;(H2,1,2,3,4). The highest BCUT2D eigenvalue weighted by Gasteiger charge is 2.04. The molecule has 0 aromatic carbocycles. The number of rotatable bonds is 13. The summed E-state index contributed by atoms with van der Waals surface area (Å²) < 4.78 is 31.6. The highest BCUT2D eigenvalue weighted by atomic mass is 32.3. The monoisotopic (exact) mass is 354 g/mol. The van der Waals surface area contributed by atoms with Crippen molar-refractivity contribution in [3.05, 3.63) is 0 Å². The molecule has 0 heterocycles. The van der Waals surface area contributed by atoms with Gasteiger partial charge in [0.1, 0.15) is 0 Å². The summed E-state index contributed by atoms with van der Waals surface area (Å²) in [4.78, 5) is 0. The number of hydrogen-bond donors (Lipinski definition) is 3. The summed E-state index contributed by atoms with van der Waals surface area (Å²) in [6.07, 6.45) is 15.2. The van der Waals surface area contributed by atoms with Crippen LogP contribution in [0.4, 0.5) is 0 Å². The summed E-state index contributed by atoms with van der Waals surface area (Å²) in [7, 11) is -4.67. The van der Waals surface area contributed by atoms with Gasteiger partial charge in [0.2, 0.25) is 0 Å². The molecule has 5 nitrogen and oxygen atoms in total. The van der Waals surface area contributed by atoms with Crippen molar-refractivity contribution in [2.24, 2.45) is 11.8 Å². The fourth-order valence-electron chi connectivity index (χ4n) is 2.50. The van der Waals surface area contributed by atoms with Crippen LogP contribution in [0.5, 0.6) is 0 Å². The van der Waals surface area contributed by atoms with Crippen LogP contribution in [0.3, 0.4) is 0 Å². The zero-order valence-electron chi connectivity index (χ0n) is 15.2. The first-order valence-corrected chi connectivity index (χ1v) is 10.4. The first-order valence-electron chi connectivity index (χ1n) is 9.01. The fraction of sp³-hybridized carbons (Fsp3) is 1.00. The summed E-state index contributed by atoms with van der Waals surface area (Å²) in [5.74, 6) is 1.38. The van der Waals surface area contributed by atoms with E-state index in [4.69, 9.17) is 22.6 Å². The minimum atomic E-state index is -4.67. The van der Waals surface area contributed by atoms with E-state index in [0.29, 0.717) is 12.5 Å². The van der Waals surface area contributed by atoms with Gasteiger partial charge in [0.25, 0.3) is 0 Å². The largest absolute Gasteiger partial charge is 0.396 e. The van der Waals surface area contributed by atoms with Gasteiger partial charge in [0, 0.05) is 6.61 Å². The molecule has 0 saturated heterocycles. The smallest absolute Gasteiger partial charge is 0.394 e. The molecule has 2 atom stereocenters. The summed E-state index contributed by atoms with van der Waals surface area (Å²) in [6.45, 7) is 7.16. The Morgan fingerprint density at radius 1 is 0.739 bits per heavy atom. The number of aliphatic hydroxyl groups is 1. The average molecular weight is 355 g/mol. The Morgan fingerprint density at radius 2 is 1.13 bits per heavy atom. The quantitative estimate of drug-likeness (QED) is 0.323. The fourth-order valence-corrected chi connectivity index (χ4v) is 2.50. The molecule has 3 N–H and O–H groups in total. The first kappa shape index (κ1) is 25.1. The van der Waals surface area contributed by atoms with Crippen molar-refractivity contribution in [2.45, 2.75) is 91.4 Å². The molecule has 0 bridgehead atoms. The Labute approximate surface area is 143 Å². The number of aliphatic hydroxyl groups excluding tert-OH is 1. The van der Waals surface area contributed by atoms with Gasteiger partial charge in [-0.05, 0) is 18.3 Å². The van der Waals surface area contributed by atoms with Gasteiger partial charge in [-0.25, -0.2) is 0 Å². The summed E-state index contributed by atoms with van der Waals surface area (Å²) in [5, 5.41) is 8.96. The molecule has 0 aliphatic carbocycles. The highest BCUT2D eigenvalue weighted by Crippen LogP contribution is 2.18. The van der Waals surface area contributed by atoms with Crippen LogP contribution in [-0.4, -0.2) is 29.2 Å². The lowest BCUT2D eigenvalue weighted by Crippen LogP contribution is -2.02. The molecule has 0 spiro atoms. The van der Waals surface area contributed by atoms with Crippen molar-refractivity contribution < 1.29 is 22.6 Å². The van der Waals surface area contributed by atoms with E-state index in [0.717, 1.165) is 5.92 Å². The molecule has 0 fully saturated rings. The van der Waals surface area contributed by atoms with Crippen LogP contribution in [0.1, 0.15) is 91.4 Å². The molecule has 0 aromatic heterocycles. The Kier molecular flexibility index (Phi) is 18.2. The van der Waals surface area contributed by atoms with Crippen molar-refractivity contribution in [2.75, 3.05) is 6.61 Å². The van der Waals surface area contributed by atoms with Crippen molar-refractivity contribution in [3.63, 3.8) is 0 Å². The molecular weight excluding hydrogens is 316 g/mol. The van der Waals surface area contributed by atoms with Crippen LogP contribution in [0, 0.1) is 11.8 Å². The maximum absolute atomic E-state index is 8.96. The Bertz CT molecular complexity index is 322. The van der Waals surface area contributed by atoms with E-state index in [2.05, 4.69) is 20.8 Å². The maximum Gasteiger partial charge on any atom is 0.394 e. The summed E-state index contributed by atoms with van der Waals surface area (Å²) in [6, 6.07) is 0. The lowest BCUT2D eigenvalue weighted by molar-refractivity contribution is 0.225. The molecule has 142 valence electrons. The van der Waals surface area contributed by atoms with Gasteiger partial charge in [0.05, 0.1) is 0 Å². The lowest BCUT2D eigenvalue weighted by atomic mass is 9.94. The minimum absolute atomic E-state index is 0.353. The van der Waals surface area contributed by atoms with Crippen molar-refractivity contribution in [3.8, 4) is 0 Å². The molecule has 0 aliphatic rings. The molecule has 0 aliphatic heterocycles. The zero-order valence-corrected chi connectivity index (χ0v) is 16.0. The van der Waals surface area contributed by atoms with E-state index in [1.54, 1.807) is 0 Å². The highest BCUT2D eigenvalue weighted by molar-refractivity contribution is 7.79. The SMILES string of the molecule is CCCCCCCCCC(C)CCCC(C)CO.O=S(=O)(O)O. The Balaban J connectivity index is 0. The van der Waals surface area contributed by atoms with Gasteiger partial charge in [-0.2, -0.15) is 8.42 Å². The van der Waals surface area contributed by atoms with Crippen molar-refractivity contribution >= 4 is 10.4 Å². The molecule has 0 radical (unpaired) electrons. The topological polar surface area (TPSA) is 94.8 Å². The minimum Gasteiger partial charge on any atom is -0.396 e. The molecule has 0 aromatic rings. The Hall–Kier alpha value is -0.170. The number of unbranched alkanes of at least 4 members (excludes halogenated alkanes) is 6. The third-order valence-electron chi connectivity index (χ3n) is 4.01. The molecule has 0 rings (SSSR count).